The van der Waals surface area contributed by atoms with Crippen molar-refractivity contribution in [1.82, 2.24) is 29.7 Å². The lowest BCUT2D eigenvalue weighted by Gasteiger charge is -2.45. The van der Waals surface area contributed by atoms with Gasteiger partial charge in [-0.05, 0) is 30.0 Å². The molecule has 4 aromatic rings. The first-order valence-electron chi connectivity index (χ1n) is 11.0. The van der Waals surface area contributed by atoms with E-state index in [-0.39, 0.29) is 17.2 Å². The summed E-state index contributed by atoms with van der Waals surface area (Å²) in [6.45, 7) is 8.46. The van der Waals surface area contributed by atoms with Crippen LogP contribution in [0.3, 0.4) is 0 Å². The molecule has 10 nitrogen and oxygen atoms in total. The number of hydrogen-bond acceptors (Lipinski definition) is 6. The van der Waals surface area contributed by atoms with Gasteiger partial charge in [-0.2, -0.15) is 10.2 Å². The summed E-state index contributed by atoms with van der Waals surface area (Å²) < 4.78 is 1.62. The molecule has 4 heterocycles. The van der Waals surface area contributed by atoms with Crippen LogP contribution in [0.15, 0.2) is 49.2 Å². The summed E-state index contributed by atoms with van der Waals surface area (Å²) in [6, 6.07) is 5.47. The van der Waals surface area contributed by atoms with Crippen LogP contribution in [0.5, 0.6) is 0 Å². The van der Waals surface area contributed by atoms with Gasteiger partial charge in [-0.3, -0.25) is 24.6 Å². The van der Waals surface area contributed by atoms with Crippen molar-refractivity contribution < 1.29 is 9.59 Å². The van der Waals surface area contributed by atoms with Crippen molar-refractivity contribution in [2.45, 2.75) is 20.8 Å². The Morgan fingerprint density at radius 3 is 2.71 bits per heavy atom. The number of amides is 2. The van der Waals surface area contributed by atoms with Crippen molar-refractivity contribution in [3.63, 3.8) is 0 Å². The minimum absolute atomic E-state index is 0.0706. The summed E-state index contributed by atoms with van der Waals surface area (Å²) >= 11 is 0. The molecule has 34 heavy (non-hydrogen) atoms. The molecule has 174 valence electrons. The van der Waals surface area contributed by atoms with Gasteiger partial charge in [0.15, 0.2) is 0 Å². The maximum atomic E-state index is 13.0. The van der Waals surface area contributed by atoms with E-state index in [1.54, 1.807) is 35.4 Å². The number of likely N-dealkylation sites (tertiary alicyclic amines) is 1. The Kier molecular flexibility index (Phi) is 5.37. The fourth-order valence-electron chi connectivity index (χ4n) is 4.30. The molecular weight excluding hydrogens is 432 g/mol. The number of aromatic nitrogens is 5. The summed E-state index contributed by atoms with van der Waals surface area (Å²) in [5.41, 5.74) is 4.92. The van der Waals surface area contributed by atoms with Crippen LogP contribution in [0.1, 0.15) is 29.8 Å². The maximum Gasteiger partial charge on any atom is 0.259 e. The number of benzene rings is 1. The number of hydrogen-bond donors (Lipinski definition) is 3. The molecule has 1 aromatic carbocycles. The van der Waals surface area contributed by atoms with Crippen LogP contribution in [0.4, 0.5) is 11.4 Å². The lowest BCUT2D eigenvalue weighted by atomic mass is 9.84. The molecule has 2 amide bonds. The SMILES string of the molecule is Cc1ccc(NC(=O)CN2CC(C)(C)C2)cc1NC(=O)c1cnn2cc(-c3cn[nH]c3)ncc12. The Balaban J connectivity index is 1.29. The first kappa shape index (κ1) is 21.8. The second-order valence-electron chi connectivity index (χ2n) is 9.49. The van der Waals surface area contributed by atoms with Gasteiger partial charge >= 0.3 is 0 Å². The summed E-state index contributed by atoms with van der Waals surface area (Å²) in [7, 11) is 0. The molecule has 3 aromatic heterocycles. The Morgan fingerprint density at radius 2 is 1.97 bits per heavy atom. The molecule has 0 aliphatic carbocycles. The van der Waals surface area contributed by atoms with Gasteiger partial charge in [0.2, 0.25) is 5.91 Å². The average molecular weight is 459 g/mol. The zero-order chi connectivity index (χ0) is 23.9. The number of nitrogens with one attached hydrogen (secondary N) is 3. The number of carbonyl (C=O) groups excluding carboxylic acids is 2. The third-order valence-electron chi connectivity index (χ3n) is 5.88. The van der Waals surface area contributed by atoms with E-state index in [2.05, 4.69) is 49.7 Å². The van der Waals surface area contributed by atoms with Gasteiger partial charge in [-0.1, -0.05) is 19.9 Å². The Bertz CT molecular complexity index is 1370. The molecular formula is C24H26N8O2. The van der Waals surface area contributed by atoms with Crippen molar-refractivity contribution in [3.05, 3.63) is 60.3 Å². The summed E-state index contributed by atoms with van der Waals surface area (Å²) in [4.78, 5) is 32.0. The number of carbonyl (C=O) groups is 2. The highest BCUT2D eigenvalue weighted by atomic mass is 16.2. The summed E-state index contributed by atoms with van der Waals surface area (Å²) in [5, 5.41) is 16.9. The molecule has 0 bridgehead atoms. The molecule has 5 rings (SSSR count). The number of rotatable bonds is 6. The van der Waals surface area contributed by atoms with Crippen molar-refractivity contribution in [1.29, 1.82) is 0 Å². The highest BCUT2D eigenvalue weighted by molar-refractivity contribution is 6.09. The highest BCUT2D eigenvalue weighted by Gasteiger charge is 2.34. The smallest absolute Gasteiger partial charge is 0.259 e. The fraction of sp³-hybridized carbons (Fsp3) is 0.292. The van der Waals surface area contributed by atoms with E-state index >= 15 is 0 Å². The molecule has 1 aliphatic rings. The normalized spacial score (nSPS) is 15.1. The predicted molar refractivity (Wildman–Crippen MR) is 129 cm³/mol. The molecule has 0 spiro atoms. The minimum Gasteiger partial charge on any atom is -0.325 e. The van der Waals surface area contributed by atoms with Crippen LogP contribution in [-0.2, 0) is 4.79 Å². The van der Waals surface area contributed by atoms with Crippen LogP contribution in [0.25, 0.3) is 16.8 Å². The molecule has 0 saturated carbocycles. The van der Waals surface area contributed by atoms with Gasteiger partial charge in [0.1, 0.15) is 0 Å². The van der Waals surface area contributed by atoms with Crippen LogP contribution in [-0.4, -0.2) is 61.1 Å². The molecule has 0 radical (unpaired) electrons. The minimum atomic E-state index is -0.303. The third kappa shape index (κ3) is 4.40. The van der Waals surface area contributed by atoms with E-state index in [1.807, 2.05) is 19.1 Å². The van der Waals surface area contributed by atoms with Gasteiger partial charge in [0.05, 0.1) is 48.1 Å². The van der Waals surface area contributed by atoms with Gasteiger partial charge in [0, 0.05) is 36.2 Å². The molecule has 0 atom stereocenters. The topological polar surface area (TPSA) is 120 Å². The molecule has 0 unspecified atom stereocenters. The third-order valence-corrected chi connectivity index (χ3v) is 5.88. The Hall–Kier alpha value is -4.05. The van der Waals surface area contributed by atoms with Gasteiger partial charge in [-0.25, -0.2) is 4.52 Å². The number of H-pyrrole nitrogens is 1. The van der Waals surface area contributed by atoms with Gasteiger partial charge in [0.25, 0.3) is 5.91 Å². The highest BCUT2D eigenvalue weighted by Crippen LogP contribution is 2.28. The summed E-state index contributed by atoms with van der Waals surface area (Å²) in [6.07, 6.45) is 8.29. The van der Waals surface area contributed by atoms with Crippen molar-refractivity contribution in [2.75, 3.05) is 30.3 Å². The quantitative estimate of drug-likeness (QED) is 0.409. The van der Waals surface area contributed by atoms with E-state index in [0.717, 1.165) is 24.2 Å². The lowest BCUT2D eigenvalue weighted by Crippen LogP contribution is -2.54. The van der Waals surface area contributed by atoms with Gasteiger partial charge < -0.3 is 10.6 Å². The number of fused-ring (bicyclic) bond motifs is 1. The molecule has 1 fully saturated rings. The molecule has 1 saturated heterocycles. The fourth-order valence-corrected chi connectivity index (χ4v) is 4.30. The monoisotopic (exact) mass is 458 g/mol. The van der Waals surface area contributed by atoms with Crippen molar-refractivity contribution in [2.24, 2.45) is 5.41 Å². The second kappa shape index (κ2) is 8.38. The zero-order valence-corrected chi connectivity index (χ0v) is 19.3. The molecule has 3 N–H and O–H groups in total. The first-order valence-corrected chi connectivity index (χ1v) is 11.0. The van der Waals surface area contributed by atoms with Crippen molar-refractivity contribution >= 4 is 28.7 Å². The molecule has 10 heteroatoms. The van der Waals surface area contributed by atoms with Crippen LogP contribution >= 0.6 is 0 Å². The van der Waals surface area contributed by atoms with E-state index in [9.17, 15) is 9.59 Å². The van der Waals surface area contributed by atoms with E-state index in [1.165, 1.54) is 6.20 Å². The maximum absolute atomic E-state index is 13.0. The van der Waals surface area contributed by atoms with Gasteiger partial charge in [-0.15, -0.1) is 0 Å². The van der Waals surface area contributed by atoms with Crippen LogP contribution in [0.2, 0.25) is 0 Å². The van der Waals surface area contributed by atoms with Crippen LogP contribution < -0.4 is 10.6 Å². The zero-order valence-electron chi connectivity index (χ0n) is 19.3. The Morgan fingerprint density at radius 1 is 1.15 bits per heavy atom. The first-order chi connectivity index (χ1) is 16.3. The average Bonchev–Trinajstić information content (AvgIpc) is 3.44. The lowest BCUT2D eigenvalue weighted by molar-refractivity contribution is -0.120. The number of aryl methyl sites for hydroxylation is 1. The van der Waals surface area contributed by atoms with E-state index < -0.39 is 0 Å². The van der Waals surface area contributed by atoms with E-state index in [0.29, 0.717) is 34.7 Å². The van der Waals surface area contributed by atoms with Crippen molar-refractivity contribution in [3.8, 4) is 11.3 Å². The number of nitrogens with zero attached hydrogens (tertiary/aromatic N) is 5. The summed E-state index contributed by atoms with van der Waals surface area (Å²) in [5.74, 6) is -0.374. The van der Waals surface area contributed by atoms with E-state index in [4.69, 9.17) is 0 Å². The van der Waals surface area contributed by atoms with Crippen LogP contribution in [0, 0.1) is 12.3 Å². The second-order valence-corrected chi connectivity index (χ2v) is 9.49. The standard InChI is InChI=1S/C24H26N8O2/c1-15-4-5-17(29-22(33)12-31-13-24(2,3)14-31)6-19(15)30-23(34)18-9-28-32-11-20(25-10-21(18)32)16-7-26-27-8-16/h4-11H,12-14H2,1-3H3,(H,26,27)(H,29,33)(H,30,34). The number of aromatic amines is 1. The number of anilines is 2. The predicted octanol–water partition coefficient (Wildman–Crippen LogP) is 2.96. The largest absolute Gasteiger partial charge is 0.325 e. The Labute approximate surface area is 196 Å². The molecule has 1 aliphatic heterocycles.